The van der Waals surface area contributed by atoms with E-state index in [2.05, 4.69) is 12.2 Å². The molecule has 0 radical (unpaired) electrons. The normalized spacial score (nSPS) is 15.6. The Morgan fingerprint density at radius 1 is 1.50 bits per heavy atom. The van der Waals surface area contributed by atoms with Crippen LogP contribution in [-0.4, -0.2) is 13.2 Å². The number of furan rings is 1. The standard InChI is InChI=1S/C13H21NO2/c1-2-14-9-13-12(6-8-16-13)10-15-7-5-11-3-4-11/h6,8,11,14H,2-5,7,9-10H2,1H3. The number of rotatable bonds is 8. The van der Waals surface area contributed by atoms with E-state index in [4.69, 9.17) is 9.15 Å². The maximum atomic E-state index is 5.66. The molecule has 0 amide bonds. The van der Waals surface area contributed by atoms with Crippen molar-refractivity contribution < 1.29 is 9.15 Å². The smallest absolute Gasteiger partial charge is 0.123 e. The van der Waals surface area contributed by atoms with Crippen LogP contribution in [0.5, 0.6) is 0 Å². The minimum atomic E-state index is 0.684. The Morgan fingerprint density at radius 2 is 2.38 bits per heavy atom. The summed E-state index contributed by atoms with van der Waals surface area (Å²) in [5, 5.41) is 3.26. The van der Waals surface area contributed by atoms with Crippen molar-refractivity contribution in [3.05, 3.63) is 23.7 Å². The largest absolute Gasteiger partial charge is 0.468 e. The summed E-state index contributed by atoms with van der Waals surface area (Å²) in [6.45, 7) is 5.42. The van der Waals surface area contributed by atoms with Gasteiger partial charge < -0.3 is 14.5 Å². The quantitative estimate of drug-likeness (QED) is 0.688. The van der Waals surface area contributed by atoms with Crippen molar-refractivity contribution >= 4 is 0 Å². The van der Waals surface area contributed by atoms with Crippen molar-refractivity contribution in [1.29, 1.82) is 0 Å². The lowest BCUT2D eigenvalue weighted by Gasteiger charge is -2.04. The lowest BCUT2D eigenvalue weighted by atomic mass is 10.2. The first-order valence-electron chi connectivity index (χ1n) is 6.24. The maximum Gasteiger partial charge on any atom is 0.123 e. The maximum absolute atomic E-state index is 5.66. The molecule has 1 saturated carbocycles. The molecule has 2 rings (SSSR count). The first-order valence-corrected chi connectivity index (χ1v) is 6.24. The van der Waals surface area contributed by atoms with Gasteiger partial charge in [0.05, 0.1) is 19.4 Å². The summed E-state index contributed by atoms with van der Waals surface area (Å²) in [5.74, 6) is 1.96. The molecule has 3 heteroatoms. The molecule has 0 saturated heterocycles. The Kier molecular flexibility index (Phi) is 4.43. The number of ether oxygens (including phenoxy) is 1. The van der Waals surface area contributed by atoms with Gasteiger partial charge in [-0.2, -0.15) is 0 Å². The molecule has 90 valence electrons. The summed E-state index contributed by atoms with van der Waals surface area (Å²) in [7, 11) is 0. The average molecular weight is 223 g/mol. The monoisotopic (exact) mass is 223 g/mol. The van der Waals surface area contributed by atoms with Crippen LogP contribution >= 0.6 is 0 Å². The topological polar surface area (TPSA) is 34.4 Å². The van der Waals surface area contributed by atoms with Gasteiger partial charge in [0.2, 0.25) is 0 Å². The Balaban J connectivity index is 1.67. The molecular formula is C13H21NO2. The third kappa shape index (κ3) is 3.65. The molecular weight excluding hydrogens is 202 g/mol. The Bertz CT molecular complexity index is 305. The fraction of sp³-hybridized carbons (Fsp3) is 0.692. The fourth-order valence-electron chi connectivity index (χ4n) is 1.73. The molecule has 0 unspecified atom stereocenters. The summed E-state index contributed by atoms with van der Waals surface area (Å²) in [4.78, 5) is 0. The van der Waals surface area contributed by atoms with Gasteiger partial charge in [0.1, 0.15) is 5.76 Å². The zero-order valence-electron chi connectivity index (χ0n) is 10.00. The van der Waals surface area contributed by atoms with Crippen molar-refractivity contribution in [2.75, 3.05) is 13.2 Å². The zero-order chi connectivity index (χ0) is 11.2. The van der Waals surface area contributed by atoms with Crippen molar-refractivity contribution in [1.82, 2.24) is 5.32 Å². The van der Waals surface area contributed by atoms with Crippen LogP contribution < -0.4 is 5.32 Å². The van der Waals surface area contributed by atoms with Gasteiger partial charge in [-0.25, -0.2) is 0 Å². The first-order chi connectivity index (χ1) is 7.90. The molecule has 3 nitrogen and oxygen atoms in total. The van der Waals surface area contributed by atoms with E-state index in [1.165, 1.54) is 24.8 Å². The highest BCUT2D eigenvalue weighted by atomic mass is 16.5. The van der Waals surface area contributed by atoms with Crippen molar-refractivity contribution in [3.63, 3.8) is 0 Å². The van der Waals surface area contributed by atoms with Crippen molar-refractivity contribution in [2.45, 2.75) is 39.3 Å². The Labute approximate surface area is 97.2 Å². The summed E-state index contributed by atoms with van der Waals surface area (Å²) in [6, 6.07) is 2.00. The molecule has 16 heavy (non-hydrogen) atoms. The third-order valence-electron chi connectivity index (χ3n) is 3.00. The van der Waals surface area contributed by atoms with E-state index in [1.54, 1.807) is 6.26 Å². The first kappa shape index (κ1) is 11.7. The fourth-order valence-corrected chi connectivity index (χ4v) is 1.73. The molecule has 0 atom stereocenters. The van der Waals surface area contributed by atoms with E-state index in [0.29, 0.717) is 6.61 Å². The minimum absolute atomic E-state index is 0.684. The molecule has 1 aromatic rings. The Morgan fingerprint density at radius 3 is 3.12 bits per heavy atom. The second-order valence-electron chi connectivity index (χ2n) is 4.43. The Hall–Kier alpha value is -0.800. The molecule has 1 aliphatic carbocycles. The number of nitrogens with one attached hydrogen (secondary N) is 1. The van der Waals surface area contributed by atoms with E-state index in [1.807, 2.05) is 6.07 Å². The molecule has 1 N–H and O–H groups in total. The average Bonchev–Trinajstić information content (AvgIpc) is 3.01. The van der Waals surface area contributed by atoms with Gasteiger partial charge in [-0.1, -0.05) is 19.8 Å². The molecule has 0 spiro atoms. The predicted molar refractivity (Wildman–Crippen MR) is 63.1 cm³/mol. The van der Waals surface area contributed by atoms with Crippen LogP contribution in [0, 0.1) is 5.92 Å². The van der Waals surface area contributed by atoms with Crippen LogP contribution in [-0.2, 0) is 17.9 Å². The molecule has 0 aliphatic heterocycles. The van der Waals surface area contributed by atoms with Gasteiger partial charge in [-0.05, 0) is 24.9 Å². The molecule has 0 aromatic carbocycles. The number of hydrogen-bond acceptors (Lipinski definition) is 3. The third-order valence-corrected chi connectivity index (χ3v) is 3.00. The zero-order valence-corrected chi connectivity index (χ0v) is 10.00. The van der Waals surface area contributed by atoms with Crippen LogP contribution in [0.4, 0.5) is 0 Å². The van der Waals surface area contributed by atoms with E-state index in [-0.39, 0.29) is 0 Å². The van der Waals surface area contributed by atoms with Crippen LogP contribution in [0.3, 0.4) is 0 Å². The molecule has 1 aliphatic rings. The highest BCUT2D eigenvalue weighted by Crippen LogP contribution is 2.32. The number of hydrogen-bond donors (Lipinski definition) is 1. The van der Waals surface area contributed by atoms with Gasteiger partial charge in [-0.3, -0.25) is 0 Å². The highest BCUT2D eigenvalue weighted by molar-refractivity contribution is 5.15. The van der Waals surface area contributed by atoms with Gasteiger partial charge in [-0.15, -0.1) is 0 Å². The molecule has 1 fully saturated rings. The predicted octanol–water partition coefficient (Wildman–Crippen LogP) is 2.71. The van der Waals surface area contributed by atoms with Crippen LogP contribution in [0.25, 0.3) is 0 Å². The van der Waals surface area contributed by atoms with Gasteiger partial charge >= 0.3 is 0 Å². The lowest BCUT2D eigenvalue weighted by Crippen LogP contribution is -2.12. The second kappa shape index (κ2) is 6.06. The van der Waals surface area contributed by atoms with E-state index >= 15 is 0 Å². The summed E-state index contributed by atoms with van der Waals surface area (Å²) < 4.78 is 11.1. The lowest BCUT2D eigenvalue weighted by molar-refractivity contribution is 0.114. The van der Waals surface area contributed by atoms with Gasteiger partial charge in [0, 0.05) is 12.2 Å². The molecule has 1 aromatic heterocycles. The van der Waals surface area contributed by atoms with Gasteiger partial charge in [0.25, 0.3) is 0 Å². The second-order valence-corrected chi connectivity index (χ2v) is 4.43. The van der Waals surface area contributed by atoms with E-state index < -0.39 is 0 Å². The van der Waals surface area contributed by atoms with E-state index in [9.17, 15) is 0 Å². The van der Waals surface area contributed by atoms with Crippen molar-refractivity contribution in [2.24, 2.45) is 5.92 Å². The van der Waals surface area contributed by atoms with Crippen molar-refractivity contribution in [3.8, 4) is 0 Å². The van der Waals surface area contributed by atoms with Crippen LogP contribution in [0.1, 0.15) is 37.5 Å². The van der Waals surface area contributed by atoms with Gasteiger partial charge in [0.15, 0.2) is 0 Å². The molecule has 0 bridgehead atoms. The minimum Gasteiger partial charge on any atom is -0.468 e. The highest BCUT2D eigenvalue weighted by Gasteiger charge is 2.20. The SMILES string of the molecule is CCNCc1occc1COCCC1CC1. The molecule has 1 heterocycles. The van der Waals surface area contributed by atoms with E-state index in [0.717, 1.165) is 31.4 Å². The summed E-state index contributed by atoms with van der Waals surface area (Å²) in [5.41, 5.74) is 1.18. The summed E-state index contributed by atoms with van der Waals surface area (Å²) in [6.07, 6.45) is 5.77. The van der Waals surface area contributed by atoms with Crippen LogP contribution in [0.15, 0.2) is 16.7 Å². The summed E-state index contributed by atoms with van der Waals surface area (Å²) >= 11 is 0. The van der Waals surface area contributed by atoms with Crippen LogP contribution in [0.2, 0.25) is 0 Å².